The van der Waals surface area contributed by atoms with Crippen LogP contribution < -0.4 is 10.0 Å². The lowest BCUT2D eigenvalue weighted by atomic mass is 10.1. The van der Waals surface area contributed by atoms with Crippen molar-refractivity contribution in [1.29, 1.82) is 0 Å². The fraction of sp³-hybridized carbons (Fsp3) is 0.357. The highest BCUT2D eigenvalue weighted by molar-refractivity contribution is 7.89. The highest BCUT2D eigenvalue weighted by atomic mass is 32.2. The van der Waals surface area contributed by atoms with Gasteiger partial charge in [-0.1, -0.05) is 13.0 Å². The van der Waals surface area contributed by atoms with E-state index < -0.39 is 10.0 Å². The summed E-state index contributed by atoms with van der Waals surface area (Å²) in [5.41, 5.74) is 3.86. The number of sulfonamides is 1. The van der Waals surface area contributed by atoms with Crippen LogP contribution in [0.2, 0.25) is 0 Å². The highest BCUT2D eigenvalue weighted by Gasteiger charge is 2.15. The quantitative estimate of drug-likeness (QED) is 0.816. The van der Waals surface area contributed by atoms with E-state index in [-0.39, 0.29) is 6.54 Å². The number of benzene rings is 1. The zero-order chi connectivity index (χ0) is 15.3. The Labute approximate surface area is 129 Å². The number of thiazole rings is 1. The second-order valence-electron chi connectivity index (χ2n) is 4.61. The predicted octanol–water partition coefficient (Wildman–Crippen LogP) is 1.90. The number of aromatic nitrogens is 1. The zero-order valence-electron chi connectivity index (χ0n) is 12.1. The van der Waals surface area contributed by atoms with E-state index in [4.69, 9.17) is 0 Å². The van der Waals surface area contributed by atoms with Crippen molar-refractivity contribution >= 4 is 21.4 Å². The van der Waals surface area contributed by atoms with Crippen molar-refractivity contribution in [3.8, 4) is 0 Å². The molecule has 0 unspecified atom stereocenters. The van der Waals surface area contributed by atoms with E-state index in [0.717, 1.165) is 22.4 Å². The molecule has 5 nitrogen and oxygen atoms in total. The van der Waals surface area contributed by atoms with Crippen molar-refractivity contribution in [3.05, 3.63) is 45.9 Å². The van der Waals surface area contributed by atoms with Crippen molar-refractivity contribution in [2.75, 3.05) is 7.05 Å². The number of hydrogen-bond donors (Lipinski definition) is 2. The fourth-order valence-electron chi connectivity index (χ4n) is 2.05. The van der Waals surface area contributed by atoms with Gasteiger partial charge in [0.05, 0.1) is 10.4 Å². The van der Waals surface area contributed by atoms with Gasteiger partial charge in [-0.15, -0.1) is 11.3 Å². The number of aryl methyl sites for hydroxylation is 1. The maximum Gasteiger partial charge on any atom is 0.240 e. The van der Waals surface area contributed by atoms with Gasteiger partial charge in [0.15, 0.2) is 0 Å². The van der Waals surface area contributed by atoms with E-state index in [1.165, 1.54) is 11.3 Å². The van der Waals surface area contributed by atoms with Crippen LogP contribution in [0.3, 0.4) is 0 Å². The molecule has 0 amide bonds. The smallest absolute Gasteiger partial charge is 0.240 e. The molecule has 0 aliphatic rings. The van der Waals surface area contributed by atoms with E-state index in [0.29, 0.717) is 11.4 Å². The first-order valence-electron chi connectivity index (χ1n) is 6.70. The molecule has 0 radical (unpaired) electrons. The first kappa shape index (κ1) is 16.1. The van der Waals surface area contributed by atoms with Crippen LogP contribution in [0.1, 0.15) is 22.9 Å². The summed E-state index contributed by atoms with van der Waals surface area (Å²) in [5, 5.41) is 3.07. The van der Waals surface area contributed by atoms with Gasteiger partial charge in [0.1, 0.15) is 0 Å². The average Bonchev–Trinajstić information content (AvgIpc) is 2.99. The van der Waals surface area contributed by atoms with Gasteiger partial charge in [0.2, 0.25) is 10.0 Å². The maximum absolute atomic E-state index is 12.3. The molecule has 1 heterocycles. The third kappa shape index (κ3) is 4.10. The summed E-state index contributed by atoms with van der Waals surface area (Å²) in [6.45, 7) is 2.98. The molecule has 1 aromatic heterocycles. The molecular formula is C14H19N3O2S2. The normalized spacial score (nSPS) is 11.7. The molecule has 0 saturated heterocycles. The minimum absolute atomic E-state index is 0.268. The first-order chi connectivity index (χ1) is 10.1. The standard InChI is InChI=1S/C14H19N3O2S2/c1-3-11-4-5-14(6-12(11)7-15-2)21(18,19)17-9-13-8-16-10-20-13/h4-6,8,10,15,17H,3,7,9H2,1-2H3. The van der Waals surface area contributed by atoms with E-state index in [2.05, 4.69) is 21.9 Å². The second-order valence-corrected chi connectivity index (χ2v) is 7.34. The molecule has 2 rings (SSSR count). The summed E-state index contributed by atoms with van der Waals surface area (Å²) < 4.78 is 27.3. The Kier molecular flexibility index (Phi) is 5.46. The Morgan fingerprint density at radius 2 is 2.05 bits per heavy atom. The highest BCUT2D eigenvalue weighted by Crippen LogP contribution is 2.17. The minimum atomic E-state index is -3.50. The number of nitrogens with one attached hydrogen (secondary N) is 2. The van der Waals surface area contributed by atoms with Crippen LogP contribution in [0.25, 0.3) is 0 Å². The Hall–Kier alpha value is -1.28. The maximum atomic E-state index is 12.3. The molecule has 114 valence electrons. The Bertz CT molecular complexity index is 682. The van der Waals surface area contributed by atoms with Gasteiger partial charge in [0, 0.05) is 24.2 Å². The van der Waals surface area contributed by atoms with Gasteiger partial charge >= 0.3 is 0 Å². The van der Waals surface area contributed by atoms with Gasteiger partial charge in [-0.2, -0.15) is 0 Å². The van der Waals surface area contributed by atoms with Gasteiger partial charge in [-0.05, 0) is 36.7 Å². The van der Waals surface area contributed by atoms with Crippen LogP contribution in [0.5, 0.6) is 0 Å². The predicted molar refractivity (Wildman–Crippen MR) is 84.7 cm³/mol. The number of hydrogen-bond acceptors (Lipinski definition) is 5. The van der Waals surface area contributed by atoms with Gasteiger partial charge in [-0.25, -0.2) is 13.1 Å². The minimum Gasteiger partial charge on any atom is -0.316 e. The van der Waals surface area contributed by atoms with Gasteiger partial charge < -0.3 is 5.32 Å². The molecule has 2 aromatic rings. The first-order valence-corrected chi connectivity index (χ1v) is 9.06. The van der Waals surface area contributed by atoms with Crippen LogP contribution in [0.4, 0.5) is 0 Å². The molecule has 0 spiro atoms. The lowest BCUT2D eigenvalue weighted by molar-refractivity contribution is 0.581. The zero-order valence-corrected chi connectivity index (χ0v) is 13.7. The molecule has 21 heavy (non-hydrogen) atoms. The number of nitrogens with zero attached hydrogens (tertiary/aromatic N) is 1. The molecule has 7 heteroatoms. The SMILES string of the molecule is CCc1ccc(S(=O)(=O)NCc2cncs2)cc1CNC. The monoisotopic (exact) mass is 325 g/mol. The van der Waals surface area contributed by atoms with Crippen LogP contribution >= 0.6 is 11.3 Å². The summed E-state index contributed by atoms with van der Waals surface area (Å²) in [4.78, 5) is 5.12. The second kappa shape index (κ2) is 7.13. The third-order valence-corrected chi connectivity index (χ3v) is 5.33. The third-order valence-electron chi connectivity index (χ3n) is 3.16. The molecule has 0 atom stereocenters. The molecule has 0 saturated carbocycles. The molecular weight excluding hydrogens is 306 g/mol. The Morgan fingerprint density at radius 1 is 1.24 bits per heavy atom. The number of rotatable bonds is 7. The van der Waals surface area contributed by atoms with Crippen LogP contribution in [0, 0.1) is 0 Å². The molecule has 1 aromatic carbocycles. The molecule has 2 N–H and O–H groups in total. The van der Waals surface area contributed by atoms with Gasteiger partial charge in [-0.3, -0.25) is 4.98 Å². The summed E-state index contributed by atoms with van der Waals surface area (Å²) in [7, 11) is -1.65. The molecule has 0 aliphatic carbocycles. The molecule has 0 fully saturated rings. The Morgan fingerprint density at radius 3 is 2.67 bits per heavy atom. The van der Waals surface area contributed by atoms with E-state index in [1.54, 1.807) is 23.8 Å². The summed E-state index contributed by atoms with van der Waals surface area (Å²) >= 11 is 1.43. The molecule has 0 bridgehead atoms. The van der Waals surface area contributed by atoms with E-state index >= 15 is 0 Å². The lowest BCUT2D eigenvalue weighted by Gasteiger charge is -2.11. The van der Waals surface area contributed by atoms with Crippen LogP contribution in [0.15, 0.2) is 34.8 Å². The summed E-state index contributed by atoms with van der Waals surface area (Å²) in [6.07, 6.45) is 2.55. The van der Waals surface area contributed by atoms with E-state index in [9.17, 15) is 8.42 Å². The summed E-state index contributed by atoms with van der Waals surface area (Å²) in [6, 6.07) is 5.28. The van der Waals surface area contributed by atoms with Crippen molar-refractivity contribution in [3.63, 3.8) is 0 Å². The van der Waals surface area contributed by atoms with Crippen molar-refractivity contribution in [2.45, 2.75) is 31.3 Å². The largest absolute Gasteiger partial charge is 0.316 e. The van der Waals surface area contributed by atoms with Crippen LogP contribution in [-0.4, -0.2) is 20.4 Å². The topological polar surface area (TPSA) is 71.1 Å². The van der Waals surface area contributed by atoms with Crippen LogP contribution in [-0.2, 0) is 29.5 Å². The Balaban J connectivity index is 2.20. The van der Waals surface area contributed by atoms with E-state index in [1.807, 2.05) is 13.1 Å². The average molecular weight is 325 g/mol. The van der Waals surface area contributed by atoms with Crippen molar-refractivity contribution < 1.29 is 8.42 Å². The van der Waals surface area contributed by atoms with Crippen molar-refractivity contribution in [1.82, 2.24) is 15.0 Å². The van der Waals surface area contributed by atoms with Gasteiger partial charge in [0.25, 0.3) is 0 Å². The molecule has 0 aliphatic heterocycles. The summed E-state index contributed by atoms with van der Waals surface area (Å²) in [5.74, 6) is 0. The lowest BCUT2D eigenvalue weighted by Crippen LogP contribution is -2.23. The fourth-order valence-corrected chi connectivity index (χ4v) is 3.73. The van der Waals surface area contributed by atoms with Crippen molar-refractivity contribution in [2.24, 2.45) is 0 Å².